The zero-order valence-corrected chi connectivity index (χ0v) is 13.9. The van der Waals surface area contributed by atoms with Crippen LogP contribution in [0, 0.1) is 0 Å². The van der Waals surface area contributed by atoms with Crippen molar-refractivity contribution in [2.24, 2.45) is 0 Å². The molecule has 3 nitrogen and oxygen atoms in total. The number of hydrogen-bond acceptors (Lipinski definition) is 3. The number of benzene rings is 1. The van der Waals surface area contributed by atoms with Crippen molar-refractivity contribution in [1.29, 1.82) is 0 Å². The number of halogens is 1. The third kappa shape index (κ3) is 3.30. The van der Waals surface area contributed by atoms with E-state index in [1.54, 1.807) is 0 Å². The molecule has 1 atom stereocenters. The Hall–Kier alpha value is -0.580. The molecule has 4 heteroatoms. The Morgan fingerprint density at radius 2 is 2.16 bits per heavy atom. The summed E-state index contributed by atoms with van der Waals surface area (Å²) in [7, 11) is 4.25. The Kier molecular flexibility index (Phi) is 4.54. The summed E-state index contributed by atoms with van der Waals surface area (Å²) < 4.78 is 1.14. The number of hydrogen-bond donors (Lipinski definition) is 1. The SMILES string of the molecule is CNCC1CN(c2cccc(Br)c2)C(C)(C)CN1C. The zero-order chi connectivity index (χ0) is 14.0. The van der Waals surface area contributed by atoms with Gasteiger partial charge < -0.3 is 10.2 Å². The van der Waals surface area contributed by atoms with Crippen LogP contribution < -0.4 is 10.2 Å². The van der Waals surface area contributed by atoms with Gasteiger partial charge >= 0.3 is 0 Å². The summed E-state index contributed by atoms with van der Waals surface area (Å²) in [5, 5.41) is 3.30. The van der Waals surface area contributed by atoms with E-state index < -0.39 is 0 Å². The van der Waals surface area contributed by atoms with Gasteiger partial charge in [0.25, 0.3) is 0 Å². The molecule has 0 saturated carbocycles. The van der Waals surface area contributed by atoms with E-state index in [0.717, 1.165) is 24.1 Å². The lowest BCUT2D eigenvalue weighted by atomic mass is 9.95. The smallest absolute Gasteiger partial charge is 0.0473 e. The maximum atomic E-state index is 3.57. The highest BCUT2D eigenvalue weighted by Gasteiger charge is 2.37. The van der Waals surface area contributed by atoms with Crippen LogP contribution in [-0.4, -0.2) is 50.2 Å². The summed E-state index contributed by atoms with van der Waals surface area (Å²) in [6, 6.07) is 9.16. The van der Waals surface area contributed by atoms with Crippen molar-refractivity contribution < 1.29 is 0 Å². The molecule has 106 valence electrons. The summed E-state index contributed by atoms with van der Waals surface area (Å²) >= 11 is 3.57. The van der Waals surface area contributed by atoms with Gasteiger partial charge in [-0.3, -0.25) is 4.90 Å². The molecule has 0 aromatic heterocycles. The summed E-state index contributed by atoms with van der Waals surface area (Å²) in [6.45, 7) is 7.80. The van der Waals surface area contributed by atoms with Crippen molar-refractivity contribution in [2.75, 3.05) is 38.6 Å². The maximum Gasteiger partial charge on any atom is 0.0473 e. The van der Waals surface area contributed by atoms with Gasteiger partial charge in [0.1, 0.15) is 0 Å². The highest BCUT2D eigenvalue weighted by atomic mass is 79.9. The van der Waals surface area contributed by atoms with Gasteiger partial charge in [-0.1, -0.05) is 22.0 Å². The Morgan fingerprint density at radius 3 is 2.79 bits per heavy atom. The van der Waals surface area contributed by atoms with Gasteiger partial charge in [-0.25, -0.2) is 0 Å². The van der Waals surface area contributed by atoms with Crippen LogP contribution >= 0.6 is 15.9 Å². The second-order valence-corrected chi connectivity index (χ2v) is 6.95. The van der Waals surface area contributed by atoms with E-state index in [1.165, 1.54) is 5.69 Å². The summed E-state index contributed by atoms with van der Waals surface area (Å²) in [5.41, 5.74) is 1.45. The van der Waals surface area contributed by atoms with Crippen LogP contribution in [0.5, 0.6) is 0 Å². The van der Waals surface area contributed by atoms with E-state index in [9.17, 15) is 0 Å². The van der Waals surface area contributed by atoms with E-state index >= 15 is 0 Å². The number of nitrogens with zero attached hydrogens (tertiary/aromatic N) is 2. The quantitative estimate of drug-likeness (QED) is 0.921. The Labute approximate surface area is 125 Å². The standard InChI is InChI=1S/C15H24BrN3/c1-15(2)11-18(4)14(9-17-3)10-19(15)13-7-5-6-12(16)8-13/h5-8,14,17H,9-11H2,1-4H3. The lowest BCUT2D eigenvalue weighted by Crippen LogP contribution is -2.64. The highest BCUT2D eigenvalue weighted by Crippen LogP contribution is 2.31. The molecule has 1 aromatic rings. The van der Waals surface area contributed by atoms with Crippen LogP contribution in [0.4, 0.5) is 5.69 Å². The Balaban J connectivity index is 2.26. The fraction of sp³-hybridized carbons (Fsp3) is 0.600. The molecule has 1 aliphatic rings. The fourth-order valence-corrected chi connectivity index (χ4v) is 3.36. The number of anilines is 1. The first kappa shape index (κ1) is 14.8. The summed E-state index contributed by atoms with van der Waals surface area (Å²) in [5.74, 6) is 0. The van der Waals surface area contributed by atoms with Gasteiger partial charge in [-0.15, -0.1) is 0 Å². The predicted molar refractivity (Wildman–Crippen MR) is 85.9 cm³/mol. The molecule has 1 aliphatic heterocycles. The lowest BCUT2D eigenvalue weighted by Gasteiger charge is -2.51. The van der Waals surface area contributed by atoms with Crippen LogP contribution in [0.3, 0.4) is 0 Å². The van der Waals surface area contributed by atoms with E-state index in [-0.39, 0.29) is 5.54 Å². The average Bonchev–Trinajstić information content (AvgIpc) is 2.32. The van der Waals surface area contributed by atoms with Gasteiger partial charge in [0.05, 0.1) is 0 Å². The van der Waals surface area contributed by atoms with E-state index in [4.69, 9.17) is 0 Å². The van der Waals surface area contributed by atoms with Gasteiger partial charge in [0, 0.05) is 41.4 Å². The van der Waals surface area contributed by atoms with E-state index in [0.29, 0.717) is 6.04 Å². The fourth-order valence-electron chi connectivity index (χ4n) is 2.98. The molecule has 0 radical (unpaired) electrons. The first-order valence-electron chi connectivity index (χ1n) is 6.82. The summed E-state index contributed by atoms with van der Waals surface area (Å²) in [6.07, 6.45) is 0. The average molecular weight is 326 g/mol. The van der Waals surface area contributed by atoms with Crippen LogP contribution in [0.2, 0.25) is 0 Å². The van der Waals surface area contributed by atoms with Gasteiger partial charge in [0.15, 0.2) is 0 Å². The molecule has 1 aromatic carbocycles. The van der Waals surface area contributed by atoms with Crippen LogP contribution in [0.25, 0.3) is 0 Å². The second-order valence-electron chi connectivity index (χ2n) is 6.03. The third-order valence-electron chi connectivity index (χ3n) is 3.94. The Bertz CT molecular complexity index is 433. The molecule has 0 amide bonds. The van der Waals surface area contributed by atoms with Crippen molar-refractivity contribution in [3.05, 3.63) is 28.7 Å². The van der Waals surface area contributed by atoms with Crippen molar-refractivity contribution in [2.45, 2.75) is 25.4 Å². The van der Waals surface area contributed by atoms with Gasteiger partial charge in [-0.05, 0) is 46.1 Å². The number of likely N-dealkylation sites (N-methyl/N-ethyl adjacent to an activating group) is 2. The second kappa shape index (κ2) is 5.81. The molecular formula is C15H24BrN3. The highest BCUT2D eigenvalue weighted by molar-refractivity contribution is 9.10. The number of nitrogens with one attached hydrogen (secondary N) is 1. The molecule has 1 heterocycles. The zero-order valence-electron chi connectivity index (χ0n) is 12.3. The van der Waals surface area contributed by atoms with E-state index in [1.807, 2.05) is 7.05 Å². The van der Waals surface area contributed by atoms with Crippen LogP contribution in [0.15, 0.2) is 28.7 Å². The topological polar surface area (TPSA) is 18.5 Å². The van der Waals surface area contributed by atoms with Crippen LogP contribution in [-0.2, 0) is 0 Å². The largest absolute Gasteiger partial charge is 0.363 e. The molecule has 0 bridgehead atoms. The molecule has 1 unspecified atom stereocenters. The molecule has 1 saturated heterocycles. The molecule has 1 fully saturated rings. The number of rotatable bonds is 3. The molecule has 0 aliphatic carbocycles. The normalized spacial score (nSPS) is 23.6. The molecule has 1 N–H and O–H groups in total. The first-order chi connectivity index (χ1) is 8.94. The third-order valence-corrected chi connectivity index (χ3v) is 4.44. The lowest BCUT2D eigenvalue weighted by molar-refractivity contribution is 0.150. The molecular weight excluding hydrogens is 302 g/mol. The minimum Gasteiger partial charge on any atom is -0.363 e. The minimum atomic E-state index is 0.153. The van der Waals surface area contributed by atoms with Crippen molar-refractivity contribution in [3.8, 4) is 0 Å². The van der Waals surface area contributed by atoms with Crippen molar-refractivity contribution in [1.82, 2.24) is 10.2 Å². The van der Waals surface area contributed by atoms with Crippen molar-refractivity contribution in [3.63, 3.8) is 0 Å². The number of piperazine rings is 1. The minimum absolute atomic E-state index is 0.153. The van der Waals surface area contributed by atoms with Gasteiger partial charge in [0.2, 0.25) is 0 Å². The Morgan fingerprint density at radius 1 is 1.42 bits per heavy atom. The molecule has 0 spiro atoms. The molecule has 2 rings (SSSR count). The predicted octanol–water partition coefficient (Wildman–Crippen LogP) is 2.57. The monoisotopic (exact) mass is 325 g/mol. The summed E-state index contributed by atoms with van der Waals surface area (Å²) in [4.78, 5) is 4.99. The first-order valence-corrected chi connectivity index (χ1v) is 7.61. The van der Waals surface area contributed by atoms with Gasteiger partial charge in [-0.2, -0.15) is 0 Å². The van der Waals surface area contributed by atoms with Crippen molar-refractivity contribution >= 4 is 21.6 Å². The van der Waals surface area contributed by atoms with Crippen LogP contribution in [0.1, 0.15) is 13.8 Å². The maximum absolute atomic E-state index is 3.57. The molecule has 19 heavy (non-hydrogen) atoms. The van der Waals surface area contributed by atoms with E-state index in [2.05, 4.69) is 76.2 Å².